The van der Waals surface area contributed by atoms with Crippen LogP contribution in [0.5, 0.6) is 0 Å². The van der Waals surface area contributed by atoms with Crippen molar-refractivity contribution in [3.05, 3.63) is 11.6 Å². The second-order valence-corrected chi connectivity index (χ2v) is 4.44. The summed E-state index contributed by atoms with van der Waals surface area (Å²) in [6, 6.07) is -3.06. The molecule has 0 saturated carbocycles. The summed E-state index contributed by atoms with van der Waals surface area (Å²) in [7, 11) is 0. The van der Waals surface area contributed by atoms with Crippen LogP contribution < -0.4 is 29.7 Å². The molecule has 110 valence electrons. The summed E-state index contributed by atoms with van der Waals surface area (Å²) >= 11 is 0. The summed E-state index contributed by atoms with van der Waals surface area (Å²) in [4.78, 5) is 38.2. The summed E-state index contributed by atoms with van der Waals surface area (Å²) in [5.74, 6) is -3.59. The fourth-order valence-corrected chi connectivity index (χ4v) is 2.24. The third kappa shape index (κ3) is 2.88. The fourth-order valence-electron chi connectivity index (χ4n) is 2.24. The van der Waals surface area contributed by atoms with E-state index in [1.807, 2.05) is 0 Å². The van der Waals surface area contributed by atoms with Crippen molar-refractivity contribution < 1.29 is 52.0 Å². The zero-order chi connectivity index (χ0) is 15.2. The van der Waals surface area contributed by atoms with E-state index in [1.165, 1.54) is 13.0 Å². The van der Waals surface area contributed by atoms with Gasteiger partial charge in [-0.15, -0.1) is 0 Å². The number of hydrogen-bond donors (Lipinski definition) is 1. The van der Waals surface area contributed by atoms with Crippen molar-refractivity contribution in [2.24, 2.45) is 5.73 Å². The van der Waals surface area contributed by atoms with Crippen LogP contribution in [-0.4, -0.2) is 52.6 Å². The van der Waals surface area contributed by atoms with Gasteiger partial charge in [0.1, 0.15) is 12.0 Å². The third-order valence-corrected chi connectivity index (χ3v) is 3.04. The van der Waals surface area contributed by atoms with Gasteiger partial charge in [-0.1, -0.05) is 6.08 Å². The van der Waals surface area contributed by atoms with Crippen LogP contribution in [0, 0.1) is 0 Å². The largest absolute Gasteiger partial charge is 1.00 e. The van der Waals surface area contributed by atoms with Crippen molar-refractivity contribution >= 4 is 17.9 Å². The topological polar surface area (TPSA) is 116 Å². The van der Waals surface area contributed by atoms with Crippen LogP contribution in [0.1, 0.15) is 6.92 Å². The molecule has 0 unspecified atom stereocenters. The molecule has 11 heteroatoms. The maximum atomic E-state index is 13.0. The first-order valence-corrected chi connectivity index (χ1v) is 5.51. The molecule has 0 spiro atoms. The summed E-state index contributed by atoms with van der Waals surface area (Å²) in [6.45, 7) is 1.40. The van der Waals surface area contributed by atoms with E-state index < -0.39 is 36.1 Å². The molecule has 3 amide bonds. The van der Waals surface area contributed by atoms with Gasteiger partial charge in [0.15, 0.2) is 0 Å². The van der Waals surface area contributed by atoms with Gasteiger partial charge < -0.3 is 20.5 Å². The zero-order valence-electron chi connectivity index (χ0n) is 11.2. The van der Waals surface area contributed by atoms with Crippen LogP contribution in [0.15, 0.2) is 11.6 Å². The predicted molar refractivity (Wildman–Crippen MR) is 55.5 cm³/mol. The van der Waals surface area contributed by atoms with Crippen molar-refractivity contribution in [3.8, 4) is 0 Å². The standard InChI is InChI=1S/C10H11F2N3O5.Li/c1-4-2-5-3-14(6(4)7(13)16)9(19)15(5)20-10(11,12)8(17)18;/h2,5-6H,3H2,1H3,(H2,13,16)(H,17,18);/q;+1/p-1/t5-,6+;/m1./s1. The number of halogens is 2. The Morgan fingerprint density at radius 1 is 1.52 bits per heavy atom. The average Bonchev–Trinajstić information content (AvgIpc) is 2.54. The van der Waals surface area contributed by atoms with Gasteiger partial charge in [0.25, 0.3) is 0 Å². The van der Waals surface area contributed by atoms with Crippen LogP contribution in [-0.2, 0) is 14.4 Å². The van der Waals surface area contributed by atoms with Crippen molar-refractivity contribution in [1.82, 2.24) is 9.96 Å². The maximum absolute atomic E-state index is 13.0. The van der Waals surface area contributed by atoms with Gasteiger partial charge in [-0.25, -0.2) is 4.79 Å². The molecule has 2 aliphatic heterocycles. The van der Waals surface area contributed by atoms with Crippen LogP contribution in [0.25, 0.3) is 0 Å². The molecule has 0 aromatic rings. The molecular weight excluding hydrogens is 287 g/mol. The van der Waals surface area contributed by atoms with Crippen molar-refractivity contribution in [3.63, 3.8) is 0 Å². The second-order valence-electron chi connectivity index (χ2n) is 4.44. The van der Waals surface area contributed by atoms with Crippen LogP contribution >= 0.6 is 0 Å². The van der Waals surface area contributed by atoms with Gasteiger partial charge in [-0.3, -0.25) is 4.79 Å². The fraction of sp³-hybridized carbons (Fsp3) is 0.500. The predicted octanol–water partition coefficient (Wildman–Crippen LogP) is -4.82. The normalized spacial score (nSPS) is 24.5. The number of carbonyl (C=O) groups excluding carboxylic acids is 3. The number of fused-ring (bicyclic) bond motifs is 2. The number of carboxylic acid groups (broad SMARTS) is 1. The molecule has 1 fully saturated rings. The number of primary amides is 1. The second kappa shape index (κ2) is 5.63. The Balaban J connectivity index is 0.00000220. The number of aliphatic carboxylic acids is 1. The zero-order valence-corrected chi connectivity index (χ0v) is 11.2. The molecular formula is C10H10F2LiN3O5. The van der Waals surface area contributed by atoms with E-state index in [9.17, 15) is 28.3 Å². The Hall–Kier alpha value is -1.63. The first kappa shape index (κ1) is 17.4. The Labute approximate surface area is 129 Å². The first-order chi connectivity index (χ1) is 9.15. The average molecular weight is 297 g/mol. The van der Waals surface area contributed by atoms with Crippen molar-refractivity contribution in [2.75, 3.05) is 6.54 Å². The molecule has 0 aromatic carbocycles. The molecule has 2 N–H and O–H groups in total. The van der Waals surface area contributed by atoms with E-state index in [0.717, 1.165) is 4.90 Å². The van der Waals surface area contributed by atoms with E-state index in [0.29, 0.717) is 5.57 Å². The molecule has 2 heterocycles. The number of alkyl halides is 2. The van der Waals surface area contributed by atoms with Gasteiger partial charge in [-0.2, -0.15) is 18.7 Å². The quantitative estimate of drug-likeness (QED) is 0.413. The third-order valence-electron chi connectivity index (χ3n) is 3.04. The molecule has 2 atom stereocenters. The summed E-state index contributed by atoms with van der Waals surface area (Å²) in [5.41, 5.74) is 5.53. The van der Waals surface area contributed by atoms with Gasteiger partial charge in [0.05, 0.1) is 12.6 Å². The summed E-state index contributed by atoms with van der Waals surface area (Å²) < 4.78 is 25.9. The van der Waals surface area contributed by atoms with E-state index in [4.69, 9.17) is 5.73 Å². The number of carbonyl (C=O) groups is 3. The number of nitrogens with zero attached hydrogens (tertiary/aromatic N) is 2. The van der Waals surface area contributed by atoms with E-state index in [1.54, 1.807) is 0 Å². The number of hydroxylamine groups is 2. The molecule has 8 nitrogen and oxygen atoms in total. The smallest absolute Gasteiger partial charge is 0.542 e. The summed E-state index contributed by atoms with van der Waals surface area (Å²) in [5, 5.41) is 10.4. The molecule has 2 bridgehead atoms. The minimum atomic E-state index is -4.65. The van der Waals surface area contributed by atoms with E-state index in [-0.39, 0.29) is 30.5 Å². The molecule has 2 rings (SSSR count). The van der Waals surface area contributed by atoms with Gasteiger partial charge in [0.2, 0.25) is 5.91 Å². The molecule has 1 saturated heterocycles. The maximum Gasteiger partial charge on any atom is 1.00 e. The van der Waals surface area contributed by atoms with Crippen LogP contribution in [0.2, 0.25) is 0 Å². The number of rotatable bonds is 4. The number of hydrogen-bond acceptors (Lipinski definition) is 5. The van der Waals surface area contributed by atoms with Gasteiger partial charge in [-0.05, 0) is 12.5 Å². The van der Waals surface area contributed by atoms with Gasteiger partial charge in [0, 0.05) is 0 Å². The minimum absolute atomic E-state index is 0. The van der Waals surface area contributed by atoms with E-state index in [2.05, 4.69) is 4.84 Å². The Bertz CT molecular complexity index is 527. The molecule has 0 radical (unpaired) electrons. The number of amides is 3. The van der Waals surface area contributed by atoms with E-state index >= 15 is 0 Å². The molecule has 0 aromatic heterocycles. The number of urea groups is 1. The van der Waals surface area contributed by atoms with Crippen molar-refractivity contribution in [1.29, 1.82) is 0 Å². The molecule has 0 aliphatic carbocycles. The Kier molecular flexibility index (Phi) is 4.67. The molecule has 21 heavy (non-hydrogen) atoms. The van der Waals surface area contributed by atoms with Crippen molar-refractivity contribution in [2.45, 2.75) is 25.1 Å². The monoisotopic (exact) mass is 297 g/mol. The first-order valence-electron chi connectivity index (χ1n) is 5.51. The Morgan fingerprint density at radius 2 is 2.10 bits per heavy atom. The molecule has 2 aliphatic rings. The minimum Gasteiger partial charge on any atom is -0.542 e. The Morgan fingerprint density at radius 3 is 2.57 bits per heavy atom. The number of carboxylic acids is 1. The van der Waals surface area contributed by atoms with Crippen LogP contribution in [0.3, 0.4) is 0 Å². The summed E-state index contributed by atoms with van der Waals surface area (Å²) in [6.07, 6.45) is -3.31. The SMILES string of the molecule is CC1=C[C@@H]2CN(C(=O)N2OC(F)(F)C(=O)[O-])[C@@H]1C(N)=O.[Li+]. The van der Waals surface area contributed by atoms with Crippen LogP contribution in [0.4, 0.5) is 13.6 Å². The number of nitrogens with two attached hydrogens (primary N) is 1. The van der Waals surface area contributed by atoms with Gasteiger partial charge >= 0.3 is 31.0 Å².